The average Bonchev–Trinajstić information content (AvgIpc) is 3.06. The van der Waals surface area contributed by atoms with E-state index >= 15 is 0 Å². The van der Waals surface area contributed by atoms with Gasteiger partial charge in [-0.05, 0) is 6.07 Å². The summed E-state index contributed by atoms with van der Waals surface area (Å²) in [5, 5.41) is 2.98. The maximum Gasteiger partial charge on any atom is 0.194 e. The molecular formula is C14H11N3O2S. The molecule has 5 nitrogen and oxygen atoms in total. The van der Waals surface area contributed by atoms with Crippen molar-refractivity contribution in [1.82, 2.24) is 14.4 Å². The van der Waals surface area contributed by atoms with Crippen molar-refractivity contribution in [3.8, 4) is 11.5 Å². The number of thiazole rings is 1. The number of benzene rings is 1. The van der Waals surface area contributed by atoms with E-state index in [1.807, 2.05) is 34.3 Å². The SMILES string of the molecule is COc1cc2ncc3c(nc4sccn43)c2cc1OC. The Morgan fingerprint density at radius 2 is 1.95 bits per heavy atom. The second-order valence-electron chi connectivity index (χ2n) is 4.38. The molecule has 0 atom stereocenters. The van der Waals surface area contributed by atoms with Crippen LogP contribution in [-0.4, -0.2) is 28.6 Å². The topological polar surface area (TPSA) is 48.7 Å². The molecular weight excluding hydrogens is 274 g/mol. The van der Waals surface area contributed by atoms with Crippen LogP contribution in [0.5, 0.6) is 11.5 Å². The molecule has 100 valence electrons. The molecule has 0 bridgehead atoms. The fraction of sp³-hybridized carbons (Fsp3) is 0.143. The summed E-state index contributed by atoms with van der Waals surface area (Å²) in [5.74, 6) is 1.36. The van der Waals surface area contributed by atoms with Crippen molar-refractivity contribution in [3.63, 3.8) is 0 Å². The van der Waals surface area contributed by atoms with Crippen molar-refractivity contribution in [2.24, 2.45) is 0 Å². The lowest BCUT2D eigenvalue weighted by Crippen LogP contribution is -1.92. The molecule has 1 aromatic carbocycles. The van der Waals surface area contributed by atoms with Crippen molar-refractivity contribution in [2.75, 3.05) is 14.2 Å². The minimum Gasteiger partial charge on any atom is -0.493 e. The lowest BCUT2D eigenvalue weighted by atomic mass is 10.1. The molecule has 3 aromatic heterocycles. The highest BCUT2D eigenvalue weighted by atomic mass is 32.1. The Hall–Kier alpha value is -2.34. The number of fused-ring (bicyclic) bond motifs is 5. The van der Waals surface area contributed by atoms with Gasteiger partial charge in [-0.15, -0.1) is 11.3 Å². The Morgan fingerprint density at radius 1 is 1.15 bits per heavy atom. The van der Waals surface area contributed by atoms with E-state index in [1.54, 1.807) is 25.6 Å². The number of aromatic nitrogens is 3. The fourth-order valence-corrected chi connectivity index (χ4v) is 3.14. The molecule has 0 saturated carbocycles. The summed E-state index contributed by atoms with van der Waals surface area (Å²) in [7, 11) is 3.25. The van der Waals surface area contributed by atoms with E-state index in [2.05, 4.69) is 9.97 Å². The second-order valence-corrected chi connectivity index (χ2v) is 5.26. The minimum absolute atomic E-state index is 0.674. The Kier molecular flexibility index (Phi) is 2.34. The van der Waals surface area contributed by atoms with Gasteiger partial charge in [-0.25, -0.2) is 4.98 Å². The van der Waals surface area contributed by atoms with E-state index in [0.29, 0.717) is 11.5 Å². The number of nitrogens with zero attached hydrogens (tertiary/aromatic N) is 3. The number of hydrogen-bond donors (Lipinski definition) is 0. The highest BCUT2D eigenvalue weighted by Gasteiger charge is 2.13. The van der Waals surface area contributed by atoms with Crippen molar-refractivity contribution in [1.29, 1.82) is 0 Å². The minimum atomic E-state index is 0.674. The lowest BCUT2D eigenvalue weighted by molar-refractivity contribution is 0.356. The van der Waals surface area contributed by atoms with Crippen molar-refractivity contribution in [3.05, 3.63) is 29.9 Å². The molecule has 4 rings (SSSR count). The predicted octanol–water partition coefficient (Wildman–Crippen LogP) is 3.11. The van der Waals surface area contributed by atoms with Crippen LogP contribution in [0.1, 0.15) is 0 Å². The monoisotopic (exact) mass is 285 g/mol. The van der Waals surface area contributed by atoms with E-state index in [-0.39, 0.29) is 0 Å². The van der Waals surface area contributed by atoms with Crippen molar-refractivity contribution >= 4 is 38.2 Å². The summed E-state index contributed by atoms with van der Waals surface area (Å²) >= 11 is 1.61. The maximum atomic E-state index is 5.36. The summed E-state index contributed by atoms with van der Waals surface area (Å²) in [5.41, 5.74) is 2.78. The second kappa shape index (κ2) is 4.08. The predicted molar refractivity (Wildman–Crippen MR) is 79.0 cm³/mol. The third-order valence-electron chi connectivity index (χ3n) is 3.38. The van der Waals surface area contributed by atoms with Gasteiger partial charge in [0.05, 0.1) is 31.4 Å². The van der Waals surface area contributed by atoms with E-state index in [9.17, 15) is 0 Å². The van der Waals surface area contributed by atoms with Gasteiger partial charge in [0.15, 0.2) is 16.5 Å². The Labute approximate surface area is 118 Å². The number of rotatable bonds is 2. The molecule has 0 aliphatic heterocycles. The number of imidazole rings is 1. The zero-order valence-corrected chi connectivity index (χ0v) is 11.8. The molecule has 0 unspecified atom stereocenters. The number of hydrogen-bond acceptors (Lipinski definition) is 5. The molecule has 20 heavy (non-hydrogen) atoms. The first-order valence-electron chi connectivity index (χ1n) is 6.08. The quantitative estimate of drug-likeness (QED) is 0.568. The Bertz CT molecular complexity index is 942. The molecule has 0 aliphatic carbocycles. The van der Waals surface area contributed by atoms with Crippen molar-refractivity contribution < 1.29 is 9.47 Å². The van der Waals surface area contributed by atoms with Crippen LogP contribution in [0, 0.1) is 0 Å². The highest BCUT2D eigenvalue weighted by Crippen LogP contribution is 2.34. The summed E-state index contributed by atoms with van der Waals surface area (Å²) in [6, 6.07) is 3.81. The first-order chi connectivity index (χ1) is 9.81. The first kappa shape index (κ1) is 11.5. The molecule has 0 radical (unpaired) electrons. The third-order valence-corrected chi connectivity index (χ3v) is 4.14. The normalized spacial score (nSPS) is 11.5. The number of ether oxygens (including phenoxy) is 2. The summed E-state index contributed by atoms with van der Waals surface area (Å²) in [6.07, 6.45) is 3.85. The maximum absolute atomic E-state index is 5.36. The van der Waals surface area contributed by atoms with Gasteiger partial charge in [0.2, 0.25) is 0 Å². The third kappa shape index (κ3) is 1.42. The van der Waals surface area contributed by atoms with Crippen LogP contribution < -0.4 is 9.47 Å². The van der Waals surface area contributed by atoms with E-state index in [4.69, 9.17) is 9.47 Å². The van der Waals surface area contributed by atoms with Gasteiger partial charge in [-0.2, -0.15) is 0 Å². The van der Waals surface area contributed by atoms with E-state index in [0.717, 1.165) is 26.9 Å². The molecule has 0 amide bonds. The van der Waals surface area contributed by atoms with Crippen LogP contribution >= 0.6 is 11.3 Å². The zero-order valence-electron chi connectivity index (χ0n) is 11.0. The van der Waals surface area contributed by atoms with Gasteiger partial charge in [-0.1, -0.05) is 0 Å². The van der Waals surface area contributed by atoms with Crippen LogP contribution in [0.3, 0.4) is 0 Å². The van der Waals surface area contributed by atoms with E-state index < -0.39 is 0 Å². The average molecular weight is 285 g/mol. The molecule has 0 spiro atoms. The van der Waals surface area contributed by atoms with Crippen LogP contribution in [0.25, 0.3) is 26.9 Å². The van der Waals surface area contributed by atoms with Gasteiger partial charge in [0.25, 0.3) is 0 Å². The fourth-order valence-electron chi connectivity index (χ4n) is 2.42. The molecule has 0 N–H and O–H groups in total. The highest BCUT2D eigenvalue weighted by molar-refractivity contribution is 7.15. The van der Waals surface area contributed by atoms with Crippen LogP contribution in [-0.2, 0) is 0 Å². The summed E-state index contributed by atoms with van der Waals surface area (Å²) in [4.78, 5) is 10.1. The van der Waals surface area contributed by atoms with E-state index in [1.165, 1.54) is 0 Å². The zero-order chi connectivity index (χ0) is 13.7. The number of methoxy groups -OCH3 is 2. The van der Waals surface area contributed by atoms with Gasteiger partial charge in [0, 0.05) is 23.0 Å². The molecule has 0 saturated heterocycles. The summed E-state index contributed by atoms with van der Waals surface area (Å²) < 4.78 is 12.7. The standard InChI is InChI=1S/C14H11N3O2S/c1-18-11-5-8-9(6-12(11)19-2)15-7-10-13(8)16-14-17(10)3-4-20-14/h3-7H,1-2H3. The van der Waals surface area contributed by atoms with Crippen LogP contribution in [0.2, 0.25) is 0 Å². The van der Waals surface area contributed by atoms with Gasteiger partial charge in [0.1, 0.15) is 5.52 Å². The van der Waals surface area contributed by atoms with Gasteiger partial charge >= 0.3 is 0 Å². The molecule has 4 aromatic rings. The molecule has 0 aliphatic rings. The number of pyridine rings is 1. The molecule has 6 heteroatoms. The van der Waals surface area contributed by atoms with Crippen molar-refractivity contribution in [2.45, 2.75) is 0 Å². The van der Waals surface area contributed by atoms with Gasteiger partial charge in [-0.3, -0.25) is 9.38 Å². The van der Waals surface area contributed by atoms with Crippen LogP contribution in [0.4, 0.5) is 0 Å². The Morgan fingerprint density at radius 3 is 2.75 bits per heavy atom. The largest absolute Gasteiger partial charge is 0.493 e. The Balaban J connectivity index is 2.17. The smallest absolute Gasteiger partial charge is 0.194 e. The lowest BCUT2D eigenvalue weighted by Gasteiger charge is -2.08. The van der Waals surface area contributed by atoms with Gasteiger partial charge < -0.3 is 9.47 Å². The molecule has 0 fully saturated rings. The molecule has 3 heterocycles. The van der Waals surface area contributed by atoms with Crippen LogP contribution in [0.15, 0.2) is 29.9 Å². The first-order valence-corrected chi connectivity index (χ1v) is 6.96. The summed E-state index contributed by atoms with van der Waals surface area (Å²) in [6.45, 7) is 0.